The van der Waals surface area contributed by atoms with E-state index in [0.29, 0.717) is 6.42 Å². The summed E-state index contributed by atoms with van der Waals surface area (Å²) in [5.74, 6) is -0.825. The molecule has 10 heteroatoms. The molecule has 0 aromatic rings. The van der Waals surface area contributed by atoms with Crippen molar-refractivity contribution in [3.63, 3.8) is 0 Å². The van der Waals surface area contributed by atoms with E-state index in [1.165, 1.54) is 64.2 Å². The maximum atomic E-state index is 12.3. The van der Waals surface area contributed by atoms with E-state index in [1.54, 1.807) is 0 Å². The molecule has 0 aliphatic carbocycles. The average Bonchev–Trinajstić information content (AvgIpc) is 3.12. The molecule has 10 nitrogen and oxygen atoms in total. The number of rotatable bonds is 33. The zero-order valence-electron chi connectivity index (χ0n) is 32.1. The number of allylic oxidation sites excluding steroid dienone is 4. The predicted molar refractivity (Wildman–Crippen MR) is 201 cm³/mol. The number of ether oxygens (including phenoxy) is 4. The van der Waals surface area contributed by atoms with E-state index in [-0.39, 0.29) is 32.7 Å². The van der Waals surface area contributed by atoms with Crippen LogP contribution in [0.1, 0.15) is 168 Å². The number of aliphatic hydroxyl groups excluding tert-OH is 4. The Morgan fingerprint density at radius 2 is 1.00 bits per heavy atom. The summed E-state index contributed by atoms with van der Waals surface area (Å²) in [5, 5.41) is 41.2. The van der Waals surface area contributed by atoms with Crippen LogP contribution < -0.4 is 0 Å². The highest BCUT2D eigenvalue weighted by Gasteiger charge is 2.45. The molecule has 1 rings (SSSR count). The van der Waals surface area contributed by atoms with Crippen LogP contribution in [-0.4, -0.2) is 89.0 Å². The lowest BCUT2D eigenvalue weighted by Gasteiger charge is -2.40. The molecule has 0 spiro atoms. The fraction of sp³-hybridized carbons (Fsp3) is 0.854. The summed E-state index contributed by atoms with van der Waals surface area (Å²) in [6.07, 6.45) is 26.1. The van der Waals surface area contributed by atoms with Crippen molar-refractivity contribution in [1.82, 2.24) is 0 Å². The zero-order chi connectivity index (χ0) is 37.4. The molecule has 1 fully saturated rings. The summed E-state index contributed by atoms with van der Waals surface area (Å²) >= 11 is 0. The van der Waals surface area contributed by atoms with Gasteiger partial charge in [0.1, 0.15) is 43.7 Å². The van der Waals surface area contributed by atoms with Gasteiger partial charge in [0.2, 0.25) is 0 Å². The maximum Gasteiger partial charge on any atom is 0.305 e. The summed E-state index contributed by atoms with van der Waals surface area (Å²) in [6, 6.07) is 0. The molecule has 0 saturated carbocycles. The lowest BCUT2D eigenvalue weighted by atomic mass is 9.99. The van der Waals surface area contributed by atoms with Crippen molar-refractivity contribution in [3.8, 4) is 0 Å². The number of carbonyl (C=O) groups excluding carboxylic acids is 2. The van der Waals surface area contributed by atoms with E-state index in [2.05, 4.69) is 38.2 Å². The average molecular weight is 727 g/mol. The van der Waals surface area contributed by atoms with E-state index in [1.807, 2.05) is 0 Å². The molecule has 1 aliphatic heterocycles. The minimum Gasteiger partial charge on any atom is -0.463 e. The lowest BCUT2D eigenvalue weighted by molar-refractivity contribution is -0.305. The molecule has 0 bridgehead atoms. The summed E-state index contributed by atoms with van der Waals surface area (Å²) in [5.41, 5.74) is 0. The summed E-state index contributed by atoms with van der Waals surface area (Å²) in [6.45, 7) is 3.51. The molecular weight excluding hydrogens is 652 g/mol. The second-order valence-electron chi connectivity index (χ2n) is 14.1. The standard InChI is InChI=1S/C41H74O10/c1-3-5-7-9-11-13-15-17-19-21-23-25-27-29-36(43)48-31-34(42)32-50-41-40(47)39(46)38(45)35(51-41)33-49-37(44)30-28-26-24-22-20-18-16-14-12-10-8-6-4-2/h13-16,34-35,38-42,45-47H,3-12,17-33H2,1-2H3/b15-13-,16-14-/t34?,35-,38+,39+,40-,41-/m1/s1. The molecule has 298 valence electrons. The summed E-state index contributed by atoms with van der Waals surface area (Å²) < 4.78 is 21.5. The number of aliphatic hydroxyl groups is 4. The van der Waals surface area contributed by atoms with Crippen molar-refractivity contribution in [2.45, 2.75) is 205 Å². The molecule has 1 unspecified atom stereocenters. The largest absolute Gasteiger partial charge is 0.463 e. The van der Waals surface area contributed by atoms with Crippen LogP contribution in [0.3, 0.4) is 0 Å². The molecule has 1 saturated heterocycles. The van der Waals surface area contributed by atoms with Crippen molar-refractivity contribution in [2.24, 2.45) is 0 Å². The SMILES string of the molecule is CCCCCC/C=C\CCCCCCCC(=O)OCC(O)CO[C@@H]1O[C@H](COC(=O)CCCCCCC/C=C\CCCCCC)[C@H](O)[C@H](O)[C@H]1O. The van der Waals surface area contributed by atoms with Gasteiger partial charge in [-0.15, -0.1) is 0 Å². The maximum absolute atomic E-state index is 12.3. The molecule has 51 heavy (non-hydrogen) atoms. The van der Waals surface area contributed by atoms with E-state index in [4.69, 9.17) is 18.9 Å². The van der Waals surface area contributed by atoms with E-state index >= 15 is 0 Å². The highest BCUT2D eigenvalue weighted by atomic mass is 16.7. The van der Waals surface area contributed by atoms with Crippen LogP contribution in [0, 0.1) is 0 Å². The topological polar surface area (TPSA) is 152 Å². The quantitative estimate of drug-likeness (QED) is 0.0300. The molecule has 1 aliphatic rings. The van der Waals surface area contributed by atoms with Gasteiger partial charge in [-0.25, -0.2) is 0 Å². The fourth-order valence-corrected chi connectivity index (χ4v) is 5.93. The van der Waals surface area contributed by atoms with Gasteiger partial charge < -0.3 is 39.4 Å². The molecule has 1 heterocycles. The third kappa shape index (κ3) is 25.7. The van der Waals surface area contributed by atoms with Crippen LogP contribution >= 0.6 is 0 Å². The second kappa shape index (κ2) is 32.8. The Labute approximate surface area is 309 Å². The Bertz CT molecular complexity index is 894. The van der Waals surface area contributed by atoms with Gasteiger partial charge in [-0.2, -0.15) is 0 Å². The Kier molecular flexibility index (Phi) is 30.4. The van der Waals surface area contributed by atoms with Crippen LogP contribution in [0.5, 0.6) is 0 Å². The van der Waals surface area contributed by atoms with E-state index < -0.39 is 48.7 Å². The first kappa shape index (κ1) is 47.2. The molecular formula is C41H74O10. The second-order valence-corrected chi connectivity index (χ2v) is 14.1. The smallest absolute Gasteiger partial charge is 0.305 e. The van der Waals surface area contributed by atoms with Gasteiger partial charge in [-0.3, -0.25) is 9.59 Å². The Hall–Kier alpha value is -1.82. The van der Waals surface area contributed by atoms with Gasteiger partial charge in [0, 0.05) is 12.8 Å². The first-order valence-electron chi connectivity index (χ1n) is 20.4. The van der Waals surface area contributed by atoms with Crippen LogP contribution in [-0.2, 0) is 28.5 Å². The number of hydrogen-bond donors (Lipinski definition) is 4. The molecule has 0 aromatic heterocycles. The first-order chi connectivity index (χ1) is 24.8. The minimum atomic E-state index is -1.60. The van der Waals surface area contributed by atoms with Crippen LogP contribution in [0.25, 0.3) is 0 Å². The molecule has 0 amide bonds. The van der Waals surface area contributed by atoms with E-state index in [0.717, 1.165) is 70.6 Å². The van der Waals surface area contributed by atoms with Crippen molar-refractivity contribution in [3.05, 3.63) is 24.3 Å². The molecule has 0 radical (unpaired) electrons. The molecule has 4 N–H and O–H groups in total. The van der Waals surface area contributed by atoms with Gasteiger partial charge in [0.15, 0.2) is 6.29 Å². The molecule has 0 aromatic carbocycles. The van der Waals surface area contributed by atoms with Crippen LogP contribution in [0.4, 0.5) is 0 Å². The highest BCUT2D eigenvalue weighted by Crippen LogP contribution is 2.23. The molecule has 6 atom stereocenters. The minimum absolute atomic E-state index is 0.244. The van der Waals surface area contributed by atoms with Gasteiger partial charge in [-0.05, 0) is 64.2 Å². The highest BCUT2D eigenvalue weighted by molar-refractivity contribution is 5.69. The third-order valence-corrected chi connectivity index (χ3v) is 9.25. The monoisotopic (exact) mass is 727 g/mol. The normalized spacial score (nSPS) is 21.4. The Balaban J connectivity index is 2.14. The number of unbranched alkanes of at least 4 members (excludes halogenated alkanes) is 18. The van der Waals surface area contributed by atoms with Crippen molar-refractivity contribution in [2.75, 3.05) is 19.8 Å². The van der Waals surface area contributed by atoms with Crippen molar-refractivity contribution >= 4 is 11.9 Å². The lowest BCUT2D eigenvalue weighted by Crippen LogP contribution is -2.59. The fourth-order valence-electron chi connectivity index (χ4n) is 5.93. The number of carbonyl (C=O) groups is 2. The third-order valence-electron chi connectivity index (χ3n) is 9.25. The first-order valence-corrected chi connectivity index (χ1v) is 20.4. The van der Waals surface area contributed by atoms with Gasteiger partial charge >= 0.3 is 11.9 Å². The Morgan fingerprint density at radius 3 is 1.49 bits per heavy atom. The number of esters is 2. The van der Waals surface area contributed by atoms with Crippen LogP contribution in [0.15, 0.2) is 24.3 Å². The van der Waals surface area contributed by atoms with Crippen LogP contribution in [0.2, 0.25) is 0 Å². The van der Waals surface area contributed by atoms with E-state index in [9.17, 15) is 30.0 Å². The van der Waals surface area contributed by atoms with Crippen molar-refractivity contribution < 1.29 is 49.0 Å². The van der Waals surface area contributed by atoms with Gasteiger partial charge in [-0.1, -0.05) is 115 Å². The van der Waals surface area contributed by atoms with Gasteiger partial charge in [0.25, 0.3) is 0 Å². The predicted octanol–water partition coefficient (Wildman–Crippen LogP) is 7.77. The zero-order valence-corrected chi connectivity index (χ0v) is 32.1. The Morgan fingerprint density at radius 1 is 0.569 bits per heavy atom. The number of hydrogen-bond acceptors (Lipinski definition) is 10. The van der Waals surface area contributed by atoms with Crippen molar-refractivity contribution in [1.29, 1.82) is 0 Å². The van der Waals surface area contributed by atoms with Gasteiger partial charge in [0.05, 0.1) is 6.61 Å². The summed E-state index contributed by atoms with van der Waals surface area (Å²) in [4.78, 5) is 24.4. The summed E-state index contributed by atoms with van der Waals surface area (Å²) in [7, 11) is 0.